The summed E-state index contributed by atoms with van der Waals surface area (Å²) in [5.41, 5.74) is 2.00. The number of amides is 1. The predicted octanol–water partition coefficient (Wildman–Crippen LogP) is 4.98. The lowest BCUT2D eigenvalue weighted by Gasteiger charge is -2.26. The molecule has 1 N–H and O–H groups in total. The summed E-state index contributed by atoms with van der Waals surface area (Å²) < 4.78 is 7.81. The third-order valence-corrected chi connectivity index (χ3v) is 6.71. The zero-order valence-corrected chi connectivity index (χ0v) is 17.0. The zero-order valence-electron chi connectivity index (χ0n) is 14.6. The Morgan fingerprint density at radius 3 is 2.85 bits per heavy atom. The Morgan fingerprint density at radius 1 is 1.23 bits per heavy atom. The van der Waals surface area contributed by atoms with Crippen molar-refractivity contribution in [3.63, 3.8) is 0 Å². The molecule has 26 heavy (non-hydrogen) atoms. The molecule has 0 spiro atoms. The Morgan fingerprint density at radius 2 is 2.04 bits per heavy atom. The van der Waals surface area contributed by atoms with E-state index < -0.39 is 0 Å². The molecule has 134 valence electrons. The minimum atomic E-state index is -0.0384. The topological polar surface area (TPSA) is 41.6 Å². The summed E-state index contributed by atoms with van der Waals surface area (Å²) in [6.07, 6.45) is 0.772. The highest BCUT2D eigenvalue weighted by molar-refractivity contribution is 9.10. The van der Waals surface area contributed by atoms with E-state index in [0.717, 1.165) is 42.9 Å². The van der Waals surface area contributed by atoms with Crippen molar-refractivity contribution in [2.75, 3.05) is 25.6 Å². The molecule has 0 aliphatic carbocycles. The molecule has 0 bridgehead atoms. The molecule has 6 heteroatoms. The maximum absolute atomic E-state index is 13.1. The van der Waals surface area contributed by atoms with Gasteiger partial charge in [0.25, 0.3) is 5.91 Å². The van der Waals surface area contributed by atoms with Crippen LogP contribution >= 0.6 is 27.3 Å². The number of para-hydroxylation sites is 1. The first-order valence-electron chi connectivity index (χ1n) is 8.47. The van der Waals surface area contributed by atoms with E-state index in [-0.39, 0.29) is 11.9 Å². The standard InChI is InChI=1S/C20H19BrN2O2S/c1-23(2)17-13-7-5-8-14(21)18(13)26-19(17)20(24)22-15-10-11-25-16-9-4-3-6-12(15)16/h3-9,15H,10-11H2,1-2H3,(H,22,24)/t15-/m0/s1. The van der Waals surface area contributed by atoms with Gasteiger partial charge in [0, 0.05) is 35.9 Å². The number of ether oxygens (including phenoxy) is 1. The monoisotopic (exact) mass is 430 g/mol. The third-order valence-electron chi connectivity index (χ3n) is 4.56. The van der Waals surface area contributed by atoms with Gasteiger partial charge in [-0.05, 0) is 28.1 Å². The smallest absolute Gasteiger partial charge is 0.264 e. The summed E-state index contributed by atoms with van der Waals surface area (Å²) in [7, 11) is 3.95. The summed E-state index contributed by atoms with van der Waals surface area (Å²) in [5, 5.41) is 4.31. The van der Waals surface area contributed by atoms with Gasteiger partial charge in [0.1, 0.15) is 10.6 Å². The van der Waals surface area contributed by atoms with Crippen LogP contribution in [-0.4, -0.2) is 26.6 Å². The molecule has 1 aromatic heterocycles. The maximum Gasteiger partial charge on any atom is 0.264 e. The Balaban J connectivity index is 1.72. The molecule has 0 unspecified atom stereocenters. The molecule has 3 aromatic rings. The van der Waals surface area contributed by atoms with E-state index in [0.29, 0.717) is 6.61 Å². The Bertz CT molecular complexity index is 983. The zero-order chi connectivity index (χ0) is 18.3. The van der Waals surface area contributed by atoms with E-state index in [2.05, 4.69) is 27.3 Å². The number of nitrogens with one attached hydrogen (secondary N) is 1. The van der Waals surface area contributed by atoms with Gasteiger partial charge in [-0.2, -0.15) is 0 Å². The van der Waals surface area contributed by atoms with Crippen LogP contribution in [0.25, 0.3) is 10.1 Å². The number of carbonyl (C=O) groups is 1. The van der Waals surface area contributed by atoms with Crippen molar-refractivity contribution in [3.05, 3.63) is 57.4 Å². The number of hydrogen-bond acceptors (Lipinski definition) is 4. The molecule has 0 fully saturated rings. The second kappa shape index (κ2) is 6.93. The molecule has 1 aliphatic rings. The normalized spacial score (nSPS) is 16.0. The number of hydrogen-bond donors (Lipinski definition) is 1. The van der Waals surface area contributed by atoms with Crippen molar-refractivity contribution >= 4 is 48.9 Å². The van der Waals surface area contributed by atoms with Gasteiger partial charge in [0.15, 0.2) is 0 Å². The van der Waals surface area contributed by atoms with Gasteiger partial charge < -0.3 is 15.0 Å². The van der Waals surface area contributed by atoms with Crippen LogP contribution in [0.4, 0.5) is 5.69 Å². The number of thiophene rings is 1. The molecule has 2 heterocycles. The van der Waals surface area contributed by atoms with Gasteiger partial charge in [0.05, 0.1) is 23.0 Å². The highest BCUT2D eigenvalue weighted by atomic mass is 79.9. The number of rotatable bonds is 3. The number of carbonyl (C=O) groups excluding carboxylic acids is 1. The molecule has 4 rings (SSSR count). The van der Waals surface area contributed by atoms with Crippen molar-refractivity contribution in [1.82, 2.24) is 5.32 Å². The first kappa shape index (κ1) is 17.4. The molecule has 0 radical (unpaired) electrons. The van der Waals surface area contributed by atoms with Crippen LogP contribution < -0.4 is 15.0 Å². The van der Waals surface area contributed by atoms with E-state index in [9.17, 15) is 4.79 Å². The molecular formula is C20H19BrN2O2S. The summed E-state index contributed by atoms with van der Waals surface area (Å²) >= 11 is 5.13. The van der Waals surface area contributed by atoms with Crippen molar-refractivity contribution in [1.29, 1.82) is 0 Å². The van der Waals surface area contributed by atoms with Crippen LogP contribution in [0.3, 0.4) is 0 Å². The first-order chi connectivity index (χ1) is 12.6. The summed E-state index contributed by atoms with van der Waals surface area (Å²) in [4.78, 5) is 15.9. The van der Waals surface area contributed by atoms with Crippen molar-refractivity contribution in [3.8, 4) is 5.75 Å². The van der Waals surface area contributed by atoms with Gasteiger partial charge in [-0.3, -0.25) is 4.79 Å². The lowest BCUT2D eigenvalue weighted by Crippen LogP contribution is -2.32. The first-order valence-corrected chi connectivity index (χ1v) is 10.1. The van der Waals surface area contributed by atoms with Gasteiger partial charge in [0.2, 0.25) is 0 Å². The van der Waals surface area contributed by atoms with Crippen LogP contribution in [0.5, 0.6) is 5.75 Å². The fourth-order valence-corrected chi connectivity index (χ4v) is 5.18. The summed E-state index contributed by atoms with van der Waals surface area (Å²) in [5.74, 6) is 0.819. The molecule has 1 aliphatic heterocycles. The minimum absolute atomic E-state index is 0.0314. The SMILES string of the molecule is CN(C)c1c(C(=O)N[C@H]2CCOc3ccccc32)sc2c(Br)cccc12. The lowest BCUT2D eigenvalue weighted by atomic mass is 10.0. The Labute approximate surface area is 164 Å². The number of halogens is 1. The average molecular weight is 431 g/mol. The van der Waals surface area contributed by atoms with E-state index in [4.69, 9.17) is 4.74 Å². The lowest BCUT2D eigenvalue weighted by molar-refractivity contribution is 0.0929. The van der Waals surface area contributed by atoms with Gasteiger partial charge in [-0.25, -0.2) is 0 Å². The largest absolute Gasteiger partial charge is 0.493 e. The maximum atomic E-state index is 13.1. The molecule has 4 nitrogen and oxygen atoms in total. The van der Waals surface area contributed by atoms with E-state index in [1.807, 2.05) is 55.4 Å². The van der Waals surface area contributed by atoms with Crippen molar-refractivity contribution in [2.24, 2.45) is 0 Å². The average Bonchev–Trinajstić information content (AvgIpc) is 3.03. The molecule has 0 saturated carbocycles. The molecular weight excluding hydrogens is 412 g/mol. The molecule has 1 atom stereocenters. The number of fused-ring (bicyclic) bond motifs is 2. The molecule has 0 saturated heterocycles. The summed E-state index contributed by atoms with van der Waals surface area (Å²) in [6.45, 7) is 0.612. The van der Waals surface area contributed by atoms with Gasteiger partial charge in [-0.15, -0.1) is 11.3 Å². The van der Waals surface area contributed by atoms with E-state index in [1.54, 1.807) is 0 Å². The van der Waals surface area contributed by atoms with E-state index in [1.165, 1.54) is 11.3 Å². The van der Waals surface area contributed by atoms with Crippen LogP contribution in [0.2, 0.25) is 0 Å². The predicted molar refractivity (Wildman–Crippen MR) is 111 cm³/mol. The van der Waals surface area contributed by atoms with Crippen molar-refractivity contribution < 1.29 is 9.53 Å². The van der Waals surface area contributed by atoms with Gasteiger partial charge in [-0.1, -0.05) is 30.3 Å². The second-order valence-corrected chi connectivity index (χ2v) is 8.37. The highest BCUT2D eigenvalue weighted by Crippen LogP contribution is 2.41. The highest BCUT2D eigenvalue weighted by Gasteiger charge is 2.26. The number of nitrogens with zero attached hydrogens (tertiary/aromatic N) is 1. The summed E-state index contributed by atoms with van der Waals surface area (Å²) in [6, 6.07) is 14.0. The fourth-order valence-electron chi connectivity index (χ4n) is 3.39. The van der Waals surface area contributed by atoms with Crippen molar-refractivity contribution in [2.45, 2.75) is 12.5 Å². The number of benzene rings is 2. The quantitative estimate of drug-likeness (QED) is 0.636. The second-order valence-electron chi connectivity index (χ2n) is 6.49. The Hall–Kier alpha value is -2.05. The van der Waals surface area contributed by atoms with E-state index >= 15 is 0 Å². The number of anilines is 1. The molecule has 2 aromatic carbocycles. The van der Waals surface area contributed by atoms with Crippen LogP contribution in [-0.2, 0) is 0 Å². The molecule has 1 amide bonds. The van der Waals surface area contributed by atoms with Crippen LogP contribution in [0.1, 0.15) is 27.7 Å². The Kier molecular flexibility index (Phi) is 4.63. The van der Waals surface area contributed by atoms with Gasteiger partial charge >= 0.3 is 0 Å². The fraction of sp³-hybridized carbons (Fsp3) is 0.250. The van der Waals surface area contributed by atoms with Crippen LogP contribution in [0.15, 0.2) is 46.9 Å². The minimum Gasteiger partial charge on any atom is -0.493 e. The third kappa shape index (κ3) is 2.97. The van der Waals surface area contributed by atoms with Crippen LogP contribution in [0, 0.1) is 0 Å².